The Balaban J connectivity index is 1.67. The Morgan fingerprint density at radius 2 is 1.72 bits per heavy atom. The molecule has 2 heterocycles. The molecule has 9 heteroatoms. The molecule has 29 heavy (non-hydrogen) atoms. The van der Waals surface area contributed by atoms with Gasteiger partial charge in [0.1, 0.15) is 0 Å². The Kier molecular flexibility index (Phi) is 8.32. The van der Waals surface area contributed by atoms with Crippen molar-refractivity contribution in [2.45, 2.75) is 19.3 Å². The van der Waals surface area contributed by atoms with Crippen LogP contribution in [-0.4, -0.2) is 93.1 Å². The molecule has 3 rings (SSSR count). The lowest BCUT2D eigenvalue weighted by atomic mass is 10.1. The predicted molar refractivity (Wildman–Crippen MR) is 116 cm³/mol. The molecule has 2 fully saturated rings. The van der Waals surface area contributed by atoms with Gasteiger partial charge in [0, 0.05) is 45.8 Å². The molecule has 0 aliphatic carbocycles. The number of hydrogen-bond donors (Lipinski definition) is 1. The lowest BCUT2D eigenvalue weighted by Crippen LogP contribution is -2.49. The normalized spacial score (nSPS) is 19.2. The van der Waals surface area contributed by atoms with Crippen molar-refractivity contribution >= 4 is 27.5 Å². The van der Waals surface area contributed by atoms with Crippen molar-refractivity contribution in [3.63, 3.8) is 0 Å². The van der Waals surface area contributed by atoms with E-state index in [1.165, 1.54) is 23.6 Å². The van der Waals surface area contributed by atoms with Gasteiger partial charge in [0.25, 0.3) is 5.91 Å². The summed E-state index contributed by atoms with van der Waals surface area (Å²) in [5.74, 6) is -0.272. The monoisotopic (exact) mass is 442 g/mol. The van der Waals surface area contributed by atoms with Crippen LogP contribution in [0.15, 0.2) is 24.3 Å². The number of piperidine rings is 1. The quantitative estimate of drug-likeness (QED) is 0.660. The van der Waals surface area contributed by atoms with Crippen molar-refractivity contribution in [3.8, 4) is 0 Å². The van der Waals surface area contributed by atoms with Crippen molar-refractivity contribution in [1.29, 1.82) is 0 Å². The first kappa shape index (κ1) is 22.5. The van der Waals surface area contributed by atoms with Gasteiger partial charge in [0.05, 0.1) is 16.3 Å². The summed E-state index contributed by atoms with van der Waals surface area (Å²) in [6.45, 7) is 5.78. The van der Waals surface area contributed by atoms with E-state index < -0.39 is 10.0 Å². The van der Waals surface area contributed by atoms with Crippen LogP contribution in [0.4, 0.5) is 0 Å². The minimum Gasteiger partial charge on any atom is -0.336 e. The Labute approximate surface area is 179 Å². The predicted octanol–water partition coefficient (Wildman–Crippen LogP) is 1.50. The van der Waals surface area contributed by atoms with Crippen molar-refractivity contribution in [3.05, 3.63) is 34.9 Å². The van der Waals surface area contributed by atoms with Crippen LogP contribution in [0.3, 0.4) is 0 Å². The molecule has 0 saturated carbocycles. The number of benzene rings is 1. The van der Waals surface area contributed by atoms with Gasteiger partial charge in [-0.1, -0.05) is 30.2 Å². The van der Waals surface area contributed by atoms with E-state index in [9.17, 15) is 13.2 Å². The fraction of sp³-hybridized carbons (Fsp3) is 0.650. The first-order chi connectivity index (χ1) is 14.0. The maximum Gasteiger partial charge on any atom is 0.255 e. The summed E-state index contributed by atoms with van der Waals surface area (Å²) >= 11 is 6.23. The number of sulfonamides is 1. The van der Waals surface area contributed by atoms with Gasteiger partial charge in [0.2, 0.25) is 10.0 Å². The van der Waals surface area contributed by atoms with Gasteiger partial charge in [0.15, 0.2) is 0 Å². The van der Waals surface area contributed by atoms with Crippen molar-refractivity contribution in [2.24, 2.45) is 0 Å². The van der Waals surface area contributed by atoms with E-state index in [0.717, 1.165) is 19.6 Å². The van der Waals surface area contributed by atoms with Crippen LogP contribution in [0.5, 0.6) is 0 Å². The molecule has 1 aromatic carbocycles. The number of likely N-dealkylation sites (tertiary alicyclic amines) is 1. The smallest absolute Gasteiger partial charge is 0.255 e. The van der Waals surface area contributed by atoms with Crippen LogP contribution in [0.2, 0.25) is 5.02 Å². The highest BCUT2D eigenvalue weighted by atomic mass is 35.5. The summed E-state index contributed by atoms with van der Waals surface area (Å²) in [5.41, 5.74) is 0.424. The minimum absolute atomic E-state index is 0.0663. The SMILES string of the molecule is O=C(c1ccccc1Cl)N(CCN1CCCCC1)CCS(=O)(=O)N1CCNCC1. The van der Waals surface area contributed by atoms with E-state index in [4.69, 9.17) is 11.6 Å². The van der Waals surface area contributed by atoms with E-state index in [2.05, 4.69) is 10.2 Å². The Morgan fingerprint density at radius 1 is 1.03 bits per heavy atom. The van der Waals surface area contributed by atoms with Crippen LogP contribution >= 0.6 is 11.6 Å². The largest absolute Gasteiger partial charge is 0.336 e. The second-order valence-electron chi connectivity index (χ2n) is 7.64. The number of hydrogen-bond acceptors (Lipinski definition) is 5. The molecule has 1 N–H and O–H groups in total. The number of halogens is 1. The summed E-state index contributed by atoms with van der Waals surface area (Å²) in [6, 6.07) is 6.95. The van der Waals surface area contributed by atoms with E-state index in [0.29, 0.717) is 43.3 Å². The number of piperazine rings is 1. The average Bonchev–Trinajstić information content (AvgIpc) is 2.75. The van der Waals surface area contributed by atoms with Crippen LogP contribution in [0, 0.1) is 0 Å². The van der Waals surface area contributed by atoms with Crippen molar-refractivity contribution in [2.75, 3.05) is 64.7 Å². The summed E-state index contributed by atoms with van der Waals surface area (Å²) in [4.78, 5) is 17.1. The summed E-state index contributed by atoms with van der Waals surface area (Å²) in [7, 11) is -3.39. The van der Waals surface area contributed by atoms with E-state index in [1.807, 2.05) is 0 Å². The molecule has 0 unspecified atom stereocenters. The molecule has 1 amide bonds. The lowest BCUT2D eigenvalue weighted by molar-refractivity contribution is 0.0740. The first-order valence-corrected chi connectivity index (χ1v) is 12.4. The van der Waals surface area contributed by atoms with Crippen LogP contribution < -0.4 is 5.32 Å². The van der Waals surface area contributed by atoms with Crippen molar-refractivity contribution in [1.82, 2.24) is 19.4 Å². The minimum atomic E-state index is -3.39. The zero-order valence-corrected chi connectivity index (χ0v) is 18.4. The second-order valence-corrected chi connectivity index (χ2v) is 10.1. The number of amides is 1. The molecule has 0 aromatic heterocycles. The molecule has 2 aliphatic heterocycles. The van der Waals surface area contributed by atoms with Gasteiger partial charge < -0.3 is 15.1 Å². The zero-order valence-electron chi connectivity index (χ0n) is 16.9. The lowest BCUT2D eigenvalue weighted by Gasteiger charge is -2.31. The average molecular weight is 443 g/mol. The fourth-order valence-electron chi connectivity index (χ4n) is 3.84. The molecule has 162 valence electrons. The standard InChI is InChI=1S/C20H31ClN4O3S/c21-19-7-3-2-6-18(19)20(26)24(15-14-23-10-4-1-5-11-23)16-17-29(27,28)25-12-8-22-9-13-25/h2-3,6-7,22H,1,4-5,8-17H2. The third-order valence-electron chi connectivity index (χ3n) is 5.61. The number of carbonyl (C=O) groups is 1. The van der Waals surface area contributed by atoms with Gasteiger partial charge in [-0.2, -0.15) is 4.31 Å². The summed E-state index contributed by atoms with van der Waals surface area (Å²) in [6.07, 6.45) is 3.60. The first-order valence-electron chi connectivity index (χ1n) is 10.4. The Hall–Kier alpha value is -1.19. The van der Waals surface area contributed by atoms with E-state index in [-0.39, 0.29) is 18.2 Å². The molecular formula is C20H31ClN4O3S. The van der Waals surface area contributed by atoms with Crippen LogP contribution in [0.1, 0.15) is 29.6 Å². The van der Waals surface area contributed by atoms with Gasteiger partial charge in [-0.25, -0.2) is 8.42 Å². The molecule has 2 aliphatic rings. The topological polar surface area (TPSA) is 73.0 Å². The van der Waals surface area contributed by atoms with Gasteiger partial charge in [-0.05, 0) is 38.1 Å². The van der Waals surface area contributed by atoms with Gasteiger partial charge >= 0.3 is 0 Å². The van der Waals surface area contributed by atoms with Crippen LogP contribution in [0.25, 0.3) is 0 Å². The maximum absolute atomic E-state index is 13.1. The highest BCUT2D eigenvalue weighted by Crippen LogP contribution is 2.18. The van der Waals surface area contributed by atoms with Crippen LogP contribution in [-0.2, 0) is 10.0 Å². The molecule has 0 atom stereocenters. The van der Waals surface area contributed by atoms with E-state index in [1.54, 1.807) is 29.2 Å². The highest BCUT2D eigenvalue weighted by Gasteiger charge is 2.26. The molecule has 7 nitrogen and oxygen atoms in total. The number of nitrogens with zero attached hydrogens (tertiary/aromatic N) is 3. The molecule has 0 radical (unpaired) electrons. The molecule has 2 saturated heterocycles. The van der Waals surface area contributed by atoms with E-state index >= 15 is 0 Å². The maximum atomic E-state index is 13.1. The zero-order chi connectivity index (χ0) is 20.7. The number of nitrogens with one attached hydrogen (secondary N) is 1. The third-order valence-corrected chi connectivity index (χ3v) is 7.79. The third kappa shape index (κ3) is 6.39. The second kappa shape index (κ2) is 10.7. The van der Waals surface area contributed by atoms with Gasteiger partial charge in [-0.15, -0.1) is 0 Å². The molecule has 0 spiro atoms. The molecular weight excluding hydrogens is 412 g/mol. The molecule has 1 aromatic rings. The Morgan fingerprint density at radius 3 is 2.41 bits per heavy atom. The van der Waals surface area contributed by atoms with Gasteiger partial charge in [-0.3, -0.25) is 4.79 Å². The molecule has 0 bridgehead atoms. The highest BCUT2D eigenvalue weighted by molar-refractivity contribution is 7.89. The summed E-state index contributed by atoms with van der Waals surface area (Å²) in [5, 5.41) is 3.56. The number of carbonyl (C=O) groups excluding carboxylic acids is 1. The Bertz CT molecular complexity index is 778. The number of rotatable bonds is 8. The summed E-state index contributed by atoms with van der Waals surface area (Å²) < 4.78 is 27.0. The fourth-order valence-corrected chi connectivity index (χ4v) is 5.51. The van der Waals surface area contributed by atoms with Crippen molar-refractivity contribution < 1.29 is 13.2 Å².